The molecule has 4 heterocycles. The summed E-state index contributed by atoms with van der Waals surface area (Å²) in [6.07, 6.45) is 1.93. The number of rotatable bonds is 6. The first-order chi connectivity index (χ1) is 17.7. The predicted octanol–water partition coefficient (Wildman–Crippen LogP) is 5.53. The summed E-state index contributed by atoms with van der Waals surface area (Å²) in [6.45, 7) is 8.71. The number of aryl methyl sites for hydroxylation is 4. The number of aromatic nitrogens is 1. The lowest BCUT2D eigenvalue weighted by Gasteiger charge is -2.14. The number of hydrogen-bond donors (Lipinski definition) is 3. The molecule has 9 heteroatoms. The zero-order chi connectivity index (χ0) is 26.3. The Kier molecular flexibility index (Phi) is 6.74. The van der Waals surface area contributed by atoms with Gasteiger partial charge in [-0.2, -0.15) is 0 Å². The van der Waals surface area contributed by atoms with E-state index >= 15 is 0 Å². The summed E-state index contributed by atoms with van der Waals surface area (Å²) in [7, 11) is 0. The summed E-state index contributed by atoms with van der Waals surface area (Å²) in [5.74, 6) is 0.589. The maximum absolute atomic E-state index is 13.7. The van der Waals surface area contributed by atoms with Crippen molar-refractivity contribution in [2.45, 2.75) is 46.6 Å². The number of fused-ring (bicyclic) bond motifs is 1. The average molecular weight is 519 g/mol. The van der Waals surface area contributed by atoms with Gasteiger partial charge >= 0.3 is 0 Å². The fourth-order valence-electron chi connectivity index (χ4n) is 4.76. The number of thiophene rings is 1. The highest BCUT2D eigenvalue weighted by Crippen LogP contribution is 2.42. The van der Waals surface area contributed by atoms with E-state index in [-0.39, 0.29) is 23.6 Å². The highest BCUT2D eigenvalue weighted by atomic mass is 32.1. The first kappa shape index (κ1) is 25.0. The van der Waals surface area contributed by atoms with E-state index in [1.807, 2.05) is 51.1 Å². The van der Waals surface area contributed by atoms with Crippen molar-refractivity contribution in [3.63, 3.8) is 0 Å². The van der Waals surface area contributed by atoms with Crippen molar-refractivity contribution in [3.05, 3.63) is 63.4 Å². The molecule has 37 heavy (non-hydrogen) atoms. The Hall–Kier alpha value is -3.69. The highest BCUT2D eigenvalue weighted by Gasteiger charge is 2.28. The lowest BCUT2D eigenvalue weighted by Crippen LogP contribution is -2.31. The molecule has 2 amide bonds. The number of nitrogens with one attached hydrogen (secondary N) is 2. The van der Waals surface area contributed by atoms with Crippen LogP contribution >= 0.6 is 11.3 Å². The number of hydrogen-bond acceptors (Lipinski definition) is 7. The van der Waals surface area contributed by atoms with Crippen LogP contribution in [0.15, 0.2) is 34.7 Å². The van der Waals surface area contributed by atoms with Crippen molar-refractivity contribution in [2.24, 2.45) is 0 Å². The molecule has 8 nitrogen and oxygen atoms in total. The van der Waals surface area contributed by atoms with Crippen LogP contribution in [0.3, 0.4) is 0 Å². The maximum atomic E-state index is 13.7. The Morgan fingerprint density at radius 3 is 2.62 bits per heavy atom. The van der Waals surface area contributed by atoms with E-state index in [0.29, 0.717) is 62.3 Å². The average Bonchev–Trinajstić information content (AvgIpc) is 3.59. The molecule has 0 aliphatic carbocycles. The molecule has 1 aromatic carbocycles. The predicted molar refractivity (Wildman–Crippen MR) is 146 cm³/mol. The minimum atomic E-state index is -0.321. The van der Waals surface area contributed by atoms with Crippen LogP contribution in [-0.2, 0) is 4.74 Å². The SMILES string of the molecule is Cc1ccc(NC(=O)c2c(C)nc3sc(C(=O)NCC4CCCO4)c(N)c3c2-c2ccc(C)o2)c(C)c1. The monoisotopic (exact) mass is 518 g/mol. The number of carbonyl (C=O) groups is 2. The Balaban J connectivity index is 1.60. The maximum Gasteiger partial charge on any atom is 0.263 e. The molecule has 3 aromatic heterocycles. The van der Waals surface area contributed by atoms with Gasteiger partial charge in [0.25, 0.3) is 11.8 Å². The van der Waals surface area contributed by atoms with Gasteiger partial charge in [-0.15, -0.1) is 11.3 Å². The standard InChI is InChI=1S/C28H30N4O4S/c1-14-7-9-19(15(2)12-14)32-26(33)21-17(4)31-28-23(22(21)20-10-8-16(3)36-20)24(29)25(37-28)27(34)30-13-18-6-5-11-35-18/h7-10,12,18H,5-6,11,13,29H2,1-4H3,(H,30,34)(H,32,33). The number of pyridine rings is 1. The van der Waals surface area contributed by atoms with Gasteiger partial charge in [-0.3, -0.25) is 9.59 Å². The van der Waals surface area contributed by atoms with Gasteiger partial charge in [0.05, 0.1) is 23.0 Å². The molecule has 192 valence electrons. The van der Waals surface area contributed by atoms with Crippen molar-refractivity contribution in [2.75, 3.05) is 24.2 Å². The zero-order valence-corrected chi connectivity index (χ0v) is 22.2. The second kappa shape index (κ2) is 9.99. The van der Waals surface area contributed by atoms with Crippen LogP contribution in [0.4, 0.5) is 11.4 Å². The second-order valence-electron chi connectivity index (χ2n) is 9.50. The normalized spacial score (nSPS) is 15.3. The fraction of sp³-hybridized carbons (Fsp3) is 0.321. The number of ether oxygens (including phenoxy) is 1. The van der Waals surface area contributed by atoms with E-state index in [4.69, 9.17) is 19.9 Å². The van der Waals surface area contributed by atoms with Crippen LogP contribution in [0, 0.1) is 27.7 Å². The molecule has 1 aliphatic rings. The van der Waals surface area contributed by atoms with E-state index in [0.717, 1.165) is 24.0 Å². The van der Waals surface area contributed by atoms with E-state index < -0.39 is 0 Å². The summed E-state index contributed by atoms with van der Waals surface area (Å²) in [4.78, 5) is 32.4. The van der Waals surface area contributed by atoms with Crippen LogP contribution in [0.2, 0.25) is 0 Å². The topological polar surface area (TPSA) is 119 Å². The smallest absolute Gasteiger partial charge is 0.263 e. The number of anilines is 2. The number of nitrogens with two attached hydrogens (primary N) is 1. The molecule has 1 saturated heterocycles. The molecule has 1 fully saturated rings. The van der Waals surface area contributed by atoms with E-state index in [1.54, 1.807) is 6.92 Å². The number of benzene rings is 1. The third-order valence-corrected chi connectivity index (χ3v) is 7.72. The molecular weight excluding hydrogens is 488 g/mol. The van der Waals surface area contributed by atoms with Gasteiger partial charge in [0.2, 0.25) is 0 Å². The minimum Gasteiger partial charge on any atom is -0.461 e. The van der Waals surface area contributed by atoms with Crippen LogP contribution < -0.4 is 16.4 Å². The highest BCUT2D eigenvalue weighted by molar-refractivity contribution is 7.21. The molecule has 1 atom stereocenters. The van der Waals surface area contributed by atoms with Crippen molar-refractivity contribution in [3.8, 4) is 11.3 Å². The molecule has 0 spiro atoms. The van der Waals surface area contributed by atoms with E-state index in [1.165, 1.54) is 11.3 Å². The molecule has 5 rings (SSSR count). The quantitative estimate of drug-likeness (QED) is 0.309. The number of nitrogen functional groups attached to an aromatic ring is 1. The fourth-order valence-corrected chi connectivity index (χ4v) is 5.83. The molecular formula is C28H30N4O4S. The Labute approximate surface area is 219 Å². The molecule has 0 radical (unpaired) electrons. The van der Waals surface area contributed by atoms with Crippen molar-refractivity contribution < 1.29 is 18.7 Å². The van der Waals surface area contributed by atoms with Crippen LogP contribution in [0.1, 0.15) is 55.5 Å². The molecule has 1 aliphatic heterocycles. The number of nitrogens with zero attached hydrogens (tertiary/aromatic N) is 1. The Bertz CT molecular complexity index is 1510. The van der Waals surface area contributed by atoms with Gasteiger partial charge in [0.1, 0.15) is 21.2 Å². The van der Waals surface area contributed by atoms with Gasteiger partial charge in [-0.1, -0.05) is 17.7 Å². The summed E-state index contributed by atoms with van der Waals surface area (Å²) in [5, 5.41) is 6.50. The van der Waals surface area contributed by atoms with Crippen LogP contribution in [0.5, 0.6) is 0 Å². The van der Waals surface area contributed by atoms with Crippen LogP contribution in [-0.4, -0.2) is 36.1 Å². The number of furan rings is 1. The number of amides is 2. The van der Waals surface area contributed by atoms with Gasteiger partial charge < -0.3 is 25.5 Å². The Morgan fingerprint density at radius 2 is 1.95 bits per heavy atom. The van der Waals surface area contributed by atoms with Crippen molar-refractivity contribution in [1.29, 1.82) is 0 Å². The molecule has 4 N–H and O–H groups in total. The van der Waals surface area contributed by atoms with E-state index in [2.05, 4.69) is 10.6 Å². The van der Waals surface area contributed by atoms with Gasteiger partial charge in [-0.05, 0) is 64.3 Å². The first-order valence-electron chi connectivity index (χ1n) is 12.3. The third kappa shape index (κ3) is 4.84. The van der Waals surface area contributed by atoms with Crippen LogP contribution in [0.25, 0.3) is 21.5 Å². The van der Waals surface area contributed by atoms with Crippen molar-refractivity contribution in [1.82, 2.24) is 10.3 Å². The lowest BCUT2D eigenvalue weighted by atomic mass is 9.99. The second-order valence-corrected chi connectivity index (χ2v) is 10.5. The van der Waals surface area contributed by atoms with E-state index in [9.17, 15) is 9.59 Å². The van der Waals surface area contributed by atoms with Gasteiger partial charge in [-0.25, -0.2) is 4.98 Å². The number of carbonyl (C=O) groups excluding carboxylic acids is 2. The largest absolute Gasteiger partial charge is 0.461 e. The summed E-state index contributed by atoms with van der Waals surface area (Å²) in [6, 6.07) is 9.49. The molecule has 1 unspecified atom stereocenters. The minimum absolute atomic E-state index is 0.0158. The summed E-state index contributed by atoms with van der Waals surface area (Å²) < 4.78 is 11.6. The third-order valence-electron chi connectivity index (χ3n) is 6.62. The van der Waals surface area contributed by atoms with Gasteiger partial charge in [0.15, 0.2) is 0 Å². The molecule has 4 aromatic rings. The lowest BCUT2D eigenvalue weighted by molar-refractivity contribution is 0.0861. The Morgan fingerprint density at radius 1 is 1.14 bits per heavy atom. The zero-order valence-electron chi connectivity index (χ0n) is 21.4. The summed E-state index contributed by atoms with van der Waals surface area (Å²) >= 11 is 1.21. The summed E-state index contributed by atoms with van der Waals surface area (Å²) in [5.41, 5.74) is 11.1. The first-order valence-corrected chi connectivity index (χ1v) is 13.1. The molecule has 0 bridgehead atoms. The van der Waals surface area contributed by atoms with Crippen molar-refractivity contribution >= 4 is 44.7 Å². The van der Waals surface area contributed by atoms with Gasteiger partial charge in [0, 0.05) is 29.8 Å². The molecule has 0 saturated carbocycles.